The molecule has 4 rings (SSSR count). The maximum Gasteiger partial charge on any atom is 0.305 e. The number of carbonyl (C=O) groups excluding carboxylic acids is 3. The summed E-state index contributed by atoms with van der Waals surface area (Å²) in [5.41, 5.74) is 0.925. The Morgan fingerprint density at radius 1 is 0.714 bits per heavy atom. The Labute approximate surface area is 334 Å². The lowest BCUT2D eigenvalue weighted by Gasteiger charge is -2.47. The quantitative estimate of drug-likeness (QED) is 0.0614. The van der Waals surface area contributed by atoms with E-state index in [2.05, 4.69) is 6.92 Å². The van der Waals surface area contributed by atoms with Crippen LogP contribution in [-0.2, 0) is 68.4 Å². The second-order valence-electron chi connectivity index (χ2n) is 15.8. The van der Waals surface area contributed by atoms with Crippen molar-refractivity contribution in [2.24, 2.45) is 0 Å². The van der Waals surface area contributed by atoms with Crippen LogP contribution >= 0.6 is 0 Å². The third kappa shape index (κ3) is 14.3. The maximum atomic E-state index is 12.5. The van der Waals surface area contributed by atoms with Crippen LogP contribution in [0.15, 0.2) is 30.3 Å². The summed E-state index contributed by atoms with van der Waals surface area (Å²) in [4.78, 5) is 36.3. The molecule has 0 spiro atoms. The number of fused-ring (bicyclic) bond motifs is 1. The van der Waals surface area contributed by atoms with Crippen LogP contribution in [-0.4, -0.2) is 98.3 Å². The van der Waals surface area contributed by atoms with E-state index in [0.29, 0.717) is 6.42 Å². The summed E-state index contributed by atoms with van der Waals surface area (Å²) in [6.45, 7) is 12.4. The molecule has 0 saturated carbocycles. The van der Waals surface area contributed by atoms with Gasteiger partial charge in [0.05, 0.1) is 32.0 Å². The van der Waals surface area contributed by atoms with E-state index in [-0.39, 0.29) is 18.7 Å². The van der Waals surface area contributed by atoms with Gasteiger partial charge >= 0.3 is 17.9 Å². The number of hydrogen-bond acceptors (Lipinski definition) is 13. The largest absolute Gasteiger partial charge is 0.469 e. The zero-order valence-electron chi connectivity index (χ0n) is 34.9. The molecule has 0 unspecified atom stereocenters. The summed E-state index contributed by atoms with van der Waals surface area (Å²) < 4.78 is 62.0. The van der Waals surface area contributed by atoms with Crippen LogP contribution in [0, 0.1) is 0 Å². The van der Waals surface area contributed by atoms with E-state index in [1.165, 1.54) is 21.0 Å². The minimum Gasteiger partial charge on any atom is -0.469 e. The second kappa shape index (κ2) is 23.1. The van der Waals surface area contributed by atoms with Crippen LogP contribution in [0.3, 0.4) is 0 Å². The molecule has 11 atom stereocenters. The topological polar surface area (TPSA) is 144 Å². The van der Waals surface area contributed by atoms with E-state index in [0.717, 1.165) is 82.6 Å². The fraction of sp³-hybridized carbons (Fsp3) is 0.791. The summed E-state index contributed by atoms with van der Waals surface area (Å²) in [5.74, 6) is -2.24. The van der Waals surface area contributed by atoms with Gasteiger partial charge in [-0.1, -0.05) is 95.0 Å². The third-order valence-corrected chi connectivity index (χ3v) is 10.6. The van der Waals surface area contributed by atoms with Crippen molar-refractivity contribution in [1.82, 2.24) is 0 Å². The SMILES string of the molecule is CCCCC[C@@H](CCCCCCCCCC(=O)OC)O[C@@H]1O[C@@H](C)[C@H](O[C@@H]2O[C@@H](C)[C@H](OCc3ccccc3)[C@@H](OC(C)=O)[C@H]2OC(C)=O)[C@H]2OC(C)(C)O[C@@H]12. The maximum absolute atomic E-state index is 12.5. The molecule has 318 valence electrons. The molecule has 3 fully saturated rings. The molecule has 56 heavy (non-hydrogen) atoms. The van der Waals surface area contributed by atoms with Gasteiger partial charge in [0.2, 0.25) is 0 Å². The molecular formula is C43H68O13. The molecule has 0 aromatic heterocycles. The number of methoxy groups -OCH3 is 1. The Morgan fingerprint density at radius 3 is 1.93 bits per heavy atom. The predicted molar refractivity (Wildman–Crippen MR) is 206 cm³/mol. The number of esters is 3. The molecule has 0 radical (unpaired) electrons. The molecule has 1 aromatic carbocycles. The molecule has 13 nitrogen and oxygen atoms in total. The number of ether oxygens (including phenoxy) is 10. The Balaban J connectivity index is 1.43. The first-order chi connectivity index (χ1) is 26.8. The summed E-state index contributed by atoms with van der Waals surface area (Å²) in [6, 6.07) is 9.61. The average molecular weight is 793 g/mol. The van der Waals surface area contributed by atoms with Crippen molar-refractivity contribution in [1.29, 1.82) is 0 Å². The molecule has 3 aliphatic heterocycles. The van der Waals surface area contributed by atoms with Crippen LogP contribution < -0.4 is 0 Å². The zero-order valence-corrected chi connectivity index (χ0v) is 34.9. The Kier molecular flexibility index (Phi) is 19.0. The van der Waals surface area contributed by atoms with Gasteiger partial charge in [-0.2, -0.15) is 0 Å². The van der Waals surface area contributed by atoms with E-state index in [1.807, 2.05) is 58.0 Å². The predicted octanol–water partition coefficient (Wildman–Crippen LogP) is 7.48. The van der Waals surface area contributed by atoms with Gasteiger partial charge in [-0.25, -0.2) is 0 Å². The molecule has 0 amide bonds. The number of unbranched alkanes of at least 4 members (excludes halogenated alkanes) is 8. The van der Waals surface area contributed by atoms with E-state index >= 15 is 0 Å². The highest BCUT2D eigenvalue weighted by Crippen LogP contribution is 2.41. The van der Waals surface area contributed by atoms with Crippen molar-refractivity contribution >= 4 is 17.9 Å². The van der Waals surface area contributed by atoms with Gasteiger partial charge in [0.15, 0.2) is 30.6 Å². The fourth-order valence-corrected chi connectivity index (χ4v) is 7.81. The minimum atomic E-state index is -1.15. The van der Waals surface area contributed by atoms with Gasteiger partial charge in [0.25, 0.3) is 0 Å². The van der Waals surface area contributed by atoms with E-state index in [1.54, 1.807) is 0 Å². The molecular weight excluding hydrogens is 724 g/mol. The minimum absolute atomic E-state index is 0.0163. The fourth-order valence-electron chi connectivity index (χ4n) is 7.81. The van der Waals surface area contributed by atoms with Crippen LogP contribution in [0.4, 0.5) is 0 Å². The number of carbonyl (C=O) groups is 3. The first kappa shape index (κ1) is 46.0. The van der Waals surface area contributed by atoms with Crippen molar-refractivity contribution in [3.05, 3.63) is 35.9 Å². The lowest BCUT2D eigenvalue weighted by molar-refractivity contribution is -0.349. The number of hydrogen-bond donors (Lipinski definition) is 0. The lowest BCUT2D eigenvalue weighted by Crippen LogP contribution is -2.64. The van der Waals surface area contributed by atoms with Crippen LogP contribution in [0.5, 0.6) is 0 Å². The summed E-state index contributed by atoms with van der Waals surface area (Å²) in [7, 11) is 1.43. The molecule has 3 aliphatic rings. The zero-order chi connectivity index (χ0) is 40.7. The molecule has 3 heterocycles. The standard InChI is InChI=1S/C43H68O13/c1-9-10-17-24-33(25-20-14-12-11-13-15-21-26-34(46)47-8)53-42-40-38(55-43(6,7)56-40)36(29(3)50-42)54-41-39(52-31(5)45)37(51-30(4)44)35(28(2)49-41)48-27-32-22-18-16-19-23-32/h16,18-19,22-23,28-29,33,35-42H,9-15,17,20-21,24-27H2,1-8H3/t28-,29-,33-,35-,36-,37+,38+,39+,40+,41-,42-/m0/s1. The average Bonchev–Trinajstić information content (AvgIpc) is 3.48. The molecule has 13 heteroatoms. The van der Waals surface area contributed by atoms with Crippen molar-refractivity contribution < 1.29 is 61.8 Å². The van der Waals surface area contributed by atoms with Crippen molar-refractivity contribution in [3.8, 4) is 0 Å². The van der Waals surface area contributed by atoms with Gasteiger partial charge in [0, 0.05) is 20.3 Å². The van der Waals surface area contributed by atoms with Crippen LogP contribution in [0.25, 0.3) is 0 Å². The number of benzene rings is 1. The first-order valence-electron chi connectivity index (χ1n) is 20.9. The highest BCUT2D eigenvalue weighted by Gasteiger charge is 2.58. The normalized spacial score (nSPS) is 30.3. The Hall–Kier alpha value is -2.65. The van der Waals surface area contributed by atoms with Crippen molar-refractivity contribution in [2.45, 2.75) is 212 Å². The van der Waals surface area contributed by atoms with Crippen LogP contribution in [0.1, 0.15) is 138 Å². The summed E-state index contributed by atoms with van der Waals surface area (Å²) in [5, 5.41) is 0. The van der Waals surface area contributed by atoms with Gasteiger partial charge in [-0.15, -0.1) is 0 Å². The van der Waals surface area contributed by atoms with E-state index < -0.39 is 79.1 Å². The highest BCUT2D eigenvalue weighted by molar-refractivity contribution is 5.69. The molecule has 0 N–H and O–H groups in total. The first-order valence-corrected chi connectivity index (χ1v) is 20.9. The monoisotopic (exact) mass is 792 g/mol. The Morgan fingerprint density at radius 2 is 1.29 bits per heavy atom. The molecule has 0 bridgehead atoms. The van der Waals surface area contributed by atoms with Crippen molar-refractivity contribution in [2.75, 3.05) is 7.11 Å². The van der Waals surface area contributed by atoms with Crippen LogP contribution in [0.2, 0.25) is 0 Å². The Bertz CT molecular complexity index is 1320. The molecule has 3 saturated heterocycles. The van der Waals surface area contributed by atoms with Gasteiger partial charge in [-0.05, 0) is 52.5 Å². The second-order valence-corrected chi connectivity index (χ2v) is 15.8. The third-order valence-electron chi connectivity index (χ3n) is 10.6. The van der Waals surface area contributed by atoms with E-state index in [4.69, 9.17) is 47.4 Å². The molecule has 1 aromatic rings. The highest BCUT2D eigenvalue weighted by atomic mass is 16.8. The smallest absolute Gasteiger partial charge is 0.305 e. The van der Waals surface area contributed by atoms with Gasteiger partial charge < -0.3 is 47.4 Å². The molecule has 0 aliphatic carbocycles. The number of rotatable bonds is 23. The van der Waals surface area contributed by atoms with E-state index in [9.17, 15) is 14.4 Å². The summed E-state index contributed by atoms with van der Waals surface area (Å²) >= 11 is 0. The van der Waals surface area contributed by atoms with Gasteiger partial charge in [-0.3, -0.25) is 14.4 Å². The lowest BCUT2D eigenvalue weighted by atomic mass is 9.96. The summed E-state index contributed by atoms with van der Waals surface area (Å²) in [6.07, 6.45) is 5.18. The van der Waals surface area contributed by atoms with Gasteiger partial charge in [0.1, 0.15) is 24.4 Å². The van der Waals surface area contributed by atoms with Crippen molar-refractivity contribution in [3.63, 3.8) is 0 Å².